The highest BCUT2D eigenvalue weighted by molar-refractivity contribution is 5.83. The number of carbonyl (C=O) groups excluding carboxylic acids is 2. The van der Waals surface area contributed by atoms with Gasteiger partial charge in [0.25, 0.3) is 0 Å². The molecule has 2 N–H and O–H groups in total. The van der Waals surface area contributed by atoms with Gasteiger partial charge in [0.1, 0.15) is 6.33 Å². The molecule has 8 heteroatoms. The Morgan fingerprint density at radius 3 is 2.64 bits per heavy atom. The number of benzene rings is 2. The number of nitrogens with one attached hydrogen (secondary N) is 2. The monoisotopic (exact) mass is 522 g/mol. The third kappa shape index (κ3) is 5.24. The van der Waals surface area contributed by atoms with Crippen molar-refractivity contribution in [1.29, 1.82) is 0 Å². The van der Waals surface area contributed by atoms with E-state index in [1.807, 2.05) is 56.1 Å². The lowest BCUT2D eigenvalue weighted by molar-refractivity contribution is -0.122. The number of hydrogen-bond donors (Lipinski definition) is 2. The van der Waals surface area contributed by atoms with Gasteiger partial charge in [-0.3, -0.25) is 4.79 Å². The molecule has 4 aromatic rings. The molecule has 2 atom stereocenters. The molecule has 2 aromatic carbocycles. The highest BCUT2D eigenvalue weighted by atomic mass is 16.2. The second kappa shape index (κ2) is 9.84. The van der Waals surface area contributed by atoms with Crippen molar-refractivity contribution < 1.29 is 9.59 Å². The quantitative estimate of drug-likeness (QED) is 0.398. The molecule has 2 unspecified atom stereocenters. The molecular weight excluding hydrogens is 488 g/mol. The van der Waals surface area contributed by atoms with Gasteiger partial charge >= 0.3 is 6.03 Å². The fourth-order valence-electron chi connectivity index (χ4n) is 5.59. The number of carbonyl (C=O) groups is 2. The average molecular weight is 523 g/mol. The molecule has 2 aliphatic rings. The molecule has 8 nitrogen and oxygen atoms in total. The minimum Gasteiger partial charge on any atom is -0.352 e. The molecule has 1 aliphatic heterocycles. The lowest BCUT2D eigenvalue weighted by Crippen LogP contribution is -2.50. The molecule has 1 fully saturated rings. The molecule has 39 heavy (non-hydrogen) atoms. The summed E-state index contributed by atoms with van der Waals surface area (Å²) in [6.45, 7) is 7.53. The second-order valence-corrected chi connectivity index (χ2v) is 11.6. The Labute approximate surface area is 228 Å². The van der Waals surface area contributed by atoms with Crippen LogP contribution in [0.25, 0.3) is 16.8 Å². The van der Waals surface area contributed by atoms with Gasteiger partial charge in [-0.25, -0.2) is 14.3 Å². The third-order valence-electron chi connectivity index (χ3n) is 7.67. The van der Waals surface area contributed by atoms with Gasteiger partial charge in [0.05, 0.1) is 0 Å². The average Bonchev–Trinajstić information content (AvgIpc) is 3.60. The first-order valence-corrected chi connectivity index (χ1v) is 13.6. The molecule has 2 aromatic heterocycles. The Kier molecular flexibility index (Phi) is 6.33. The maximum absolute atomic E-state index is 13.1. The van der Waals surface area contributed by atoms with Crippen LogP contribution in [0.15, 0.2) is 67.1 Å². The van der Waals surface area contributed by atoms with Gasteiger partial charge in [-0.1, -0.05) is 42.5 Å². The SMILES string of the molecule is CC(C)(C)NC(=O)N1CCc2c(-c3ccc4ncnn4c3)ccc(CNC(=O)C3CC3c3ccccc3)c2C1. The molecular formula is C31H34N6O2. The van der Waals surface area contributed by atoms with Crippen LogP contribution in [0.1, 0.15) is 55.4 Å². The normalized spacial score (nSPS) is 18.5. The largest absolute Gasteiger partial charge is 0.352 e. The summed E-state index contributed by atoms with van der Waals surface area (Å²) in [5.41, 5.74) is 7.26. The van der Waals surface area contributed by atoms with E-state index in [2.05, 4.69) is 51.0 Å². The number of amides is 3. The second-order valence-electron chi connectivity index (χ2n) is 11.6. The molecule has 1 aliphatic carbocycles. The molecule has 3 heterocycles. The van der Waals surface area contributed by atoms with Gasteiger partial charge in [-0.15, -0.1) is 0 Å². The number of rotatable bonds is 5. The molecule has 0 spiro atoms. The fraction of sp³-hybridized carbons (Fsp3) is 0.355. The Balaban J connectivity index is 1.26. The van der Waals surface area contributed by atoms with E-state index < -0.39 is 0 Å². The number of aromatic nitrogens is 3. The summed E-state index contributed by atoms with van der Waals surface area (Å²) in [5, 5.41) is 10.6. The predicted molar refractivity (Wildman–Crippen MR) is 150 cm³/mol. The topological polar surface area (TPSA) is 91.6 Å². The van der Waals surface area contributed by atoms with Crippen molar-refractivity contribution in [3.8, 4) is 11.1 Å². The van der Waals surface area contributed by atoms with Crippen LogP contribution >= 0.6 is 0 Å². The molecule has 0 saturated heterocycles. The number of nitrogens with zero attached hydrogens (tertiary/aromatic N) is 4. The van der Waals surface area contributed by atoms with E-state index in [4.69, 9.17) is 0 Å². The third-order valence-corrected chi connectivity index (χ3v) is 7.67. The Bertz CT molecular complexity index is 1540. The van der Waals surface area contributed by atoms with Crippen molar-refractivity contribution in [2.45, 2.75) is 58.2 Å². The summed E-state index contributed by atoms with van der Waals surface area (Å²) in [6, 6.07) is 18.4. The Morgan fingerprint density at radius 1 is 1.03 bits per heavy atom. The van der Waals surface area contributed by atoms with Crippen LogP contribution in [0.4, 0.5) is 4.79 Å². The molecule has 0 bridgehead atoms. The van der Waals surface area contributed by atoms with Crippen molar-refractivity contribution in [3.63, 3.8) is 0 Å². The number of pyridine rings is 1. The maximum Gasteiger partial charge on any atom is 0.318 e. The molecule has 200 valence electrons. The van der Waals surface area contributed by atoms with Crippen LogP contribution in [0, 0.1) is 5.92 Å². The van der Waals surface area contributed by atoms with Crippen LogP contribution in [0.5, 0.6) is 0 Å². The van der Waals surface area contributed by atoms with Crippen molar-refractivity contribution in [1.82, 2.24) is 30.1 Å². The first kappa shape index (κ1) is 25.1. The standard InChI is InChI=1S/C31H34N6O2/c1-31(2,3)35-30(39)36-14-13-24-23(22-10-12-28-33-19-34-37(28)17-22)11-9-21(27(24)18-36)16-32-29(38)26-15-25(26)20-7-5-4-6-8-20/h4-12,17,19,25-26H,13-16,18H2,1-3H3,(H,32,38)(H,35,39). The number of fused-ring (bicyclic) bond motifs is 2. The van der Waals surface area contributed by atoms with Crippen molar-refractivity contribution in [3.05, 3.63) is 89.4 Å². The first-order chi connectivity index (χ1) is 18.8. The van der Waals surface area contributed by atoms with Crippen LogP contribution in [0.2, 0.25) is 0 Å². The van der Waals surface area contributed by atoms with Gasteiger partial charge in [-0.2, -0.15) is 5.10 Å². The predicted octanol–water partition coefficient (Wildman–Crippen LogP) is 4.68. The molecule has 0 radical (unpaired) electrons. The zero-order valence-corrected chi connectivity index (χ0v) is 22.6. The van der Waals surface area contributed by atoms with Crippen LogP contribution in [0.3, 0.4) is 0 Å². The van der Waals surface area contributed by atoms with E-state index >= 15 is 0 Å². The maximum atomic E-state index is 13.1. The summed E-state index contributed by atoms with van der Waals surface area (Å²) in [5.74, 6) is 0.410. The van der Waals surface area contributed by atoms with Crippen molar-refractivity contribution in [2.24, 2.45) is 5.92 Å². The number of hydrogen-bond acceptors (Lipinski definition) is 4. The highest BCUT2D eigenvalue weighted by Gasteiger charge is 2.43. The van der Waals surface area contributed by atoms with Gasteiger partial charge in [0.2, 0.25) is 5.91 Å². The minimum absolute atomic E-state index is 0.0194. The van der Waals surface area contributed by atoms with E-state index in [1.54, 1.807) is 10.8 Å². The number of urea groups is 1. The summed E-state index contributed by atoms with van der Waals surface area (Å²) in [4.78, 5) is 32.2. The molecule has 3 amide bonds. The van der Waals surface area contributed by atoms with Crippen LogP contribution in [-0.4, -0.2) is 43.5 Å². The van der Waals surface area contributed by atoms with Crippen LogP contribution in [-0.2, 0) is 24.3 Å². The van der Waals surface area contributed by atoms with E-state index in [0.717, 1.165) is 40.7 Å². The van der Waals surface area contributed by atoms with Gasteiger partial charge in [-0.05, 0) is 79.5 Å². The van der Waals surface area contributed by atoms with Crippen LogP contribution < -0.4 is 10.6 Å². The fourth-order valence-corrected chi connectivity index (χ4v) is 5.59. The minimum atomic E-state index is -0.317. The van der Waals surface area contributed by atoms with E-state index in [0.29, 0.717) is 25.6 Å². The zero-order chi connectivity index (χ0) is 27.1. The van der Waals surface area contributed by atoms with E-state index in [-0.39, 0.29) is 23.4 Å². The lowest BCUT2D eigenvalue weighted by atomic mass is 9.88. The van der Waals surface area contributed by atoms with Crippen molar-refractivity contribution in [2.75, 3.05) is 6.54 Å². The summed E-state index contributed by atoms with van der Waals surface area (Å²) >= 11 is 0. The van der Waals surface area contributed by atoms with Gasteiger partial charge in [0, 0.05) is 42.9 Å². The van der Waals surface area contributed by atoms with Crippen molar-refractivity contribution >= 4 is 17.6 Å². The summed E-state index contributed by atoms with van der Waals surface area (Å²) in [7, 11) is 0. The van der Waals surface area contributed by atoms with Gasteiger partial charge in [0.15, 0.2) is 5.65 Å². The van der Waals surface area contributed by atoms with Gasteiger partial charge < -0.3 is 15.5 Å². The Hall–Kier alpha value is -4.20. The van der Waals surface area contributed by atoms with E-state index in [9.17, 15) is 9.59 Å². The zero-order valence-electron chi connectivity index (χ0n) is 22.6. The van der Waals surface area contributed by atoms with E-state index in [1.165, 1.54) is 11.1 Å². The summed E-state index contributed by atoms with van der Waals surface area (Å²) in [6.07, 6.45) is 5.17. The first-order valence-electron chi connectivity index (χ1n) is 13.6. The molecule has 1 saturated carbocycles. The lowest BCUT2D eigenvalue weighted by Gasteiger charge is -2.34. The Morgan fingerprint density at radius 2 is 1.85 bits per heavy atom. The molecule has 6 rings (SSSR count). The highest BCUT2D eigenvalue weighted by Crippen LogP contribution is 2.47. The smallest absolute Gasteiger partial charge is 0.318 e. The summed E-state index contributed by atoms with van der Waals surface area (Å²) < 4.78 is 1.78.